The van der Waals surface area contributed by atoms with Crippen LogP contribution in [0.4, 0.5) is 5.69 Å². The van der Waals surface area contributed by atoms with Crippen LogP contribution < -0.4 is 5.32 Å². The van der Waals surface area contributed by atoms with Crippen molar-refractivity contribution in [1.29, 1.82) is 0 Å². The highest BCUT2D eigenvalue weighted by atomic mass is 16.5. The van der Waals surface area contributed by atoms with Gasteiger partial charge in [-0.3, -0.25) is 14.6 Å². The zero-order chi connectivity index (χ0) is 17.6. The van der Waals surface area contributed by atoms with Gasteiger partial charge in [0.25, 0.3) is 11.8 Å². The van der Waals surface area contributed by atoms with Crippen LogP contribution in [0.25, 0.3) is 0 Å². The number of aromatic nitrogens is 1. The van der Waals surface area contributed by atoms with Gasteiger partial charge < -0.3 is 15.0 Å². The first-order valence-electron chi connectivity index (χ1n) is 8.41. The van der Waals surface area contributed by atoms with Crippen LogP contribution in [0, 0.1) is 0 Å². The number of rotatable bonds is 4. The van der Waals surface area contributed by atoms with E-state index in [-0.39, 0.29) is 17.5 Å². The molecule has 0 unspecified atom stereocenters. The molecule has 1 aliphatic rings. The fourth-order valence-corrected chi connectivity index (χ4v) is 2.77. The van der Waals surface area contributed by atoms with Crippen LogP contribution >= 0.6 is 0 Å². The molecule has 0 radical (unpaired) electrons. The molecule has 1 aromatic carbocycles. The monoisotopic (exact) mass is 339 g/mol. The predicted molar refractivity (Wildman–Crippen MR) is 94.7 cm³/mol. The summed E-state index contributed by atoms with van der Waals surface area (Å²) < 4.78 is 5.27. The largest absolute Gasteiger partial charge is 0.378 e. The van der Waals surface area contributed by atoms with Crippen molar-refractivity contribution in [2.24, 2.45) is 0 Å². The van der Waals surface area contributed by atoms with Crippen LogP contribution in [0.5, 0.6) is 0 Å². The number of para-hydroxylation sites is 1. The third kappa shape index (κ3) is 4.03. The van der Waals surface area contributed by atoms with Crippen LogP contribution in [-0.2, 0) is 11.2 Å². The summed E-state index contributed by atoms with van der Waals surface area (Å²) in [5.74, 6) is -0.425. The summed E-state index contributed by atoms with van der Waals surface area (Å²) in [4.78, 5) is 30.9. The lowest BCUT2D eigenvalue weighted by Crippen LogP contribution is -2.40. The lowest BCUT2D eigenvalue weighted by Gasteiger charge is -2.26. The van der Waals surface area contributed by atoms with Gasteiger partial charge in [-0.05, 0) is 30.2 Å². The first kappa shape index (κ1) is 17.1. The molecule has 2 aromatic rings. The highest BCUT2D eigenvalue weighted by Gasteiger charge is 2.20. The Balaban J connectivity index is 1.76. The summed E-state index contributed by atoms with van der Waals surface area (Å²) in [5, 5.41) is 2.88. The smallest absolute Gasteiger partial charge is 0.274 e. The third-order valence-corrected chi connectivity index (χ3v) is 4.18. The molecule has 1 aliphatic heterocycles. The number of hydrogen-bond acceptors (Lipinski definition) is 4. The fraction of sp³-hybridized carbons (Fsp3) is 0.316. The molecule has 0 aliphatic carbocycles. The summed E-state index contributed by atoms with van der Waals surface area (Å²) >= 11 is 0. The second kappa shape index (κ2) is 7.90. The van der Waals surface area contributed by atoms with E-state index >= 15 is 0 Å². The van der Waals surface area contributed by atoms with E-state index in [2.05, 4.69) is 10.3 Å². The predicted octanol–water partition coefficient (Wildman–Crippen LogP) is 2.37. The van der Waals surface area contributed by atoms with Crippen molar-refractivity contribution < 1.29 is 14.3 Å². The Kier molecular flexibility index (Phi) is 5.40. The number of anilines is 1. The van der Waals surface area contributed by atoms with Crippen LogP contribution in [0.15, 0.2) is 42.6 Å². The van der Waals surface area contributed by atoms with Crippen molar-refractivity contribution in [2.45, 2.75) is 13.3 Å². The van der Waals surface area contributed by atoms with E-state index in [1.165, 1.54) is 6.20 Å². The van der Waals surface area contributed by atoms with Gasteiger partial charge in [0, 0.05) is 30.5 Å². The number of pyridine rings is 1. The lowest BCUT2D eigenvalue weighted by molar-refractivity contribution is 0.0303. The van der Waals surface area contributed by atoms with E-state index in [1.807, 2.05) is 31.2 Å². The van der Waals surface area contributed by atoms with Gasteiger partial charge >= 0.3 is 0 Å². The minimum atomic E-state index is -0.322. The number of carbonyl (C=O) groups excluding carboxylic acids is 2. The summed E-state index contributed by atoms with van der Waals surface area (Å²) in [6.07, 6.45) is 2.31. The minimum absolute atomic E-state index is 0.103. The molecule has 6 nitrogen and oxygen atoms in total. The molecule has 0 spiro atoms. The molecule has 1 aromatic heterocycles. The lowest BCUT2D eigenvalue weighted by atomic mass is 10.1. The maximum absolute atomic E-state index is 12.5. The number of hydrogen-bond donors (Lipinski definition) is 1. The van der Waals surface area contributed by atoms with Gasteiger partial charge in [-0.2, -0.15) is 0 Å². The molecular formula is C19H21N3O3. The summed E-state index contributed by atoms with van der Waals surface area (Å²) in [6, 6.07) is 10.8. The van der Waals surface area contributed by atoms with Crippen LogP contribution in [-0.4, -0.2) is 48.0 Å². The SMILES string of the molecule is CCc1ccccc1NC(=O)c1cc(C(=O)N2CCOCC2)ccn1. The summed E-state index contributed by atoms with van der Waals surface area (Å²) in [7, 11) is 0. The van der Waals surface area contributed by atoms with Gasteiger partial charge in [0.2, 0.25) is 0 Å². The Hall–Kier alpha value is -2.73. The molecule has 0 bridgehead atoms. The van der Waals surface area contributed by atoms with Gasteiger partial charge in [-0.25, -0.2) is 0 Å². The zero-order valence-corrected chi connectivity index (χ0v) is 14.2. The van der Waals surface area contributed by atoms with Gasteiger partial charge in [0.05, 0.1) is 13.2 Å². The number of amides is 2. The van der Waals surface area contributed by atoms with E-state index in [1.54, 1.807) is 17.0 Å². The molecule has 1 N–H and O–H groups in total. The molecule has 1 saturated heterocycles. The molecule has 0 atom stereocenters. The van der Waals surface area contributed by atoms with Gasteiger partial charge in [0.15, 0.2) is 0 Å². The Morgan fingerprint density at radius 1 is 1.20 bits per heavy atom. The van der Waals surface area contributed by atoms with Crippen molar-refractivity contribution in [3.8, 4) is 0 Å². The number of benzene rings is 1. The minimum Gasteiger partial charge on any atom is -0.378 e. The fourth-order valence-electron chi connectivity index (χ4n) is 2.77. The van der Waals surface area contributed by atoms with E-state index in [0.29, 0.717) is 31.9 Å². The van der Waals surface area contributed by atoms with E-state index in [9.17, 15) is 9.59 Å². The summed E-state index contributed by atoms with van der Waals surface area (Å²) in [6.45, 7) is 4.24. The number of nitrogens with zero attached hydrogens (tertiary/aromatic N) is 2. The molecule has 6 heteroatoms. The zero-order valence-electron chi connectivity index (χ0n) is 14.2. The second-order valence-corrected chi connectivity index (χ2v) is 5.80. The molecule has 0 saturated carbocycles. The van der Waals surface area contributed by atoms with Crippen LogP contribution in [0.1, 0.15) is 33.3 Å². The normalized spacial score (nSPS) is 14.2. The number of morpholine rings is 1. The molecular weight excluding hydrogens is 318 g/mol. The topological polar surface area (TPSA) is 71.5 Å². The van der Waals surface area contributed by atoms with Crippen molar-refractivity contribution >= 4 is 17.5 Å². The standard InChI is InChI=1S/C19H21N3O3/c1-2-14-5-3-4-6-16(14)21-18(23)17-13-15(7-8-20-17)19(24)22-9-11-25-12-10-22/h3-8,13H,2,9-12H2,1H3,(H,21,23). The first-order valence-corrected chi connectivity index (χ1v) is 8.41. The molecule has 3 rings (SSSR count). The number of aryl methyl sites for hydroxylation is 1. The van der Waals surface area contributed by atoms with Crippen molar-refractivity contribution in [3.63, 3.8) is 0 Å². The van der Waals surface area contributed by atoms with Crippen molar-refractivity contribution in [2.75, 3.05) is 31.6 Å². The van der Waals surface area contributed by atoms with E-state index in [4.69, 9.17) is 4.74 Å². The van der Waals surface area contributed by atoms with E-state index in [0.717, 1.165) is 17.7 Å². The Morgan fingerprint density at radius 3 is 2.72 bits per heavy atom. The first-order chi connectivity index (χ1) is 12.2. The highest BCUT2D eigenvalue weighted by molar-refractivity contribution is 6.05. The highest BCUT2D eigenvalue weighted by Crippen LogP contribution is 2.17. The van der Waals surface area contributed by atoms with Gasteiger partial charge in [0.1, 0.15) is 5.69 Å². The molecule has 2 amide bonds. The molecule has 130 valence electrons. The van der Waals surface area contributed by atoms with Gasteiger partial charge in [-0.15, -0.1) is 0 Å². The number of ether oxygens (including phenoxy) is 1. The average Bonchev–Trinajstić information content (AvgIpc) is 2.68. The number of carbonyl (C=O) groups is 2. The maximum atomic E-state index is 12.5. The van der Waals surface area contributed by atoms with Crippen LogP contribution in [0.2, 0.25) is 0 Å². The molecule has 1 fully saturated rings. The van der Waals surface area contributed by atoms with E-state index < -0.39 is 0 Å². The Bertz CT molecular complexity index is 770. The third-order valence-electron chi connectivity index (χ3n) is 4.18. The summed E-state index contributed by atoms with van der Waals surface area (Å²) in [5.41, 5.74) is 2.51. The van der Waals surface area contributed by atoms with Crippen molar-refractivity contribution in [1.82, 2.24) is 9.88 Å². The number of nitrogens with one attached hydrogen (secondary N) is 1. The quantitative estimate of drug-likeness (QED) is 0.928. The van der Waals surface area contributed by atoms with Gasteiger partial charge in [-0.1, -0.05) is 25.1 Å². The molecule has 2 heterocycles. The van der Waals surface area contributed by atoms with Crippen molar-refractivity contribution in [3.05, 3.63) is 59.4 Å². The average molecular weight is 339 g/mol. The van der Waals surface area contributed by atoms with Crippen LogP contribution in [0.3, 0.4) is 0 Å². The maximum Gasteiger partial charge on any atom is 0.274 e. The Morgan fingerprint density at radius 2 is 1.96 bits per heavy atom. The molecule has 25 heavy (non-hydrogen) atoms. The second-order valence-electron chi connectivity index (χ2n) is 5.80. The Labute approximate surface area is 146 Å².